The molecule has 1 aliphatic heterocycles. The van der Waals surface area contributed by atoms with Crippen LogP contribution in [0.3, 0.4) is 0 Å². The molecule has 2 heterocycles. The second kappa shape index (κ2) is 9.32. The Bertz CT molecular complexity index is 1010. The first-order valence-electron chi connectivity index (χ1n) is 10.3. The molecule has 0 bridgehead atoms. The van der Waals surface area contributed by atoms with Crippen molar-refractivity contribution in [2.75, 3.05) is 26.8 Å². The van der Waals surface area contributed by atoms with E-state index in [4.69, 9.17) is 9.47 Å². The van der Waals surface area contributed by atoms with Crippen molar-refractivity contribution in [1.29, 1.82) is 0 Å². The quantitative estimate of drug-likeness (QED) is 0.558. The number of H-pyrrole nitrogens is 1. The normalized spacial score (nSPS) is 16.2. The second-order valence-electron chi connectivity index (χ2n) is 7.65. The van der Waals surface area contributed by atoms with E-state index in [-0.39, 0.29) is 41.8 Å². The average molecular weight is 430 g/mol. The van der Waals surface area contributed by atoms with Crippen molar-refractivity contribution < 1.29 is 28.2 Å². The van der Waals surface area contributed by atoms with Crippen LogP contribution in [0.4, 0.5) is 4.39 Å². The summed E-state index contributed by atoms with van der Waals surface area (Å²) in [5, 5.41) is 0. The van der Waals surface area contributed by atoms with E-state index in [1.54, 1.807) is 25.7 Å². The Balaban J connectivity index is 1.79. The summed E-state index contributed by atoms with van der Waals surface area (Å²) in [4.78, 5) is 42.9. The molecule has 1 aliphatic rings. The van der Waals surface area contributed by atoms with Gasteiger partial charge in [0.05, 0.1) is 19.3 Å². The van der Waals surface area contributed by atoms with Gasteiger partial charge in [0.15, 0.2) is 17.3 Å². The van der Waals surface area contributed by atoms with Gasteiger partial charge in [-0.2, -0.15) is 0 Å². The number of amides is 1. The molecule has 1 N–H and O–H groups in total. The molecule has 1 atom stereocenters. The van der Waals surface area contributed by atoms with Crippen LogP contribution in [-0.2, 0) is 4.74 Å². The summed E-state index contributed by atoms with van der Waals surface area (Å²) in [6.07, 6.45) is 1.28. The Kier molecular flexibility index (Phi) is 6.77. The first-order chi connectivity index (χ1) is 14.8. The summed E-state index contributed by atoms with van der Waals surface area (Å²) >= 11 is 0. The van der Waals surface area contributed by atoms with Gasteiger partial charge in [0, 0.05) is 30.3 Å². The topological polar surface area (TPSA) is 88.7 Å². The monoisotopic (exact) mass is 430 g/mol. The number of likely N-dealkylation sites (tertiary alicyclic amines) is 1. The molecule has 1 saturated heterocycles. The molecule has 1 aromatic heterocycles. The van der Waals surface area contributed by atoms with Crippen LogP contribution in [0.15, 0.2) is 18.2 Å². The van der Waals surface area contributed by atoms with Gasteiger partial charge in [-0.15, -0.1) is 0 Å². The standard InChI is InChI=1S/C23H27FN2O5/c1-5-31-23(29)20-13(2)19(14(3)25-20)22(28)26-10-6-7-16(12-26)21(27)15-8-9-18(30-4)17(24)11-15/h8-9,11,16,25H,5-7,10,12H2,1-4H3/t16-/m0/s1. The minimum absolute atomic E-state index is 0.0767. The third kappa shape index (κ3) is 4.47. The maximum atomic E-state index is 14.0. The molecule has 1 amide bonds. The number of aryl methyl sites for hydroxylation is 1. The number of carbonyl (C=O) groups is 3. The van der Waals surface area contributed by atoms with Gasteiger partial charge < -0.3 is 19.4 Å². The molecule has 0 spiro atoms. The third-order valence-corrected chi connectivity index (χ3v) is 5.65. The van der Waals surface area contributed by atoms with Gasteiger partial charge in [0.25, 0.3) is 5.91 Å². The highest BCUT2D eigenvalue weighted by Gasteiger charge is 2.32. The molecular weight excluding hydrogens is 403 g/mol. The van der Waals surface area contributed by atoms with Crippen molar-refractivity contribution in [2.24, 2.45) is 5.92 Å². The lowest BCUT2D eigenvalue weighted by Crippen LogP contribution is -2.42. The fourth-order valence-electron chi connectivity index (χ4n) is 4.07. The summed E-state index contributed by atoms with van der Waals surface area (Å²) in [6.45, 7) is 6.14. The number of rotatable bonds is 6. The molecule has 3 rings (SSSR count). The zero-order valence-electron chi connectivity index (χ0n) is 18.2. The number of nitrogens with one attached hydrogen (secondary N) is 1. The number of hydrogen-bond acceptors (Lipinski definition) is 5. The maximum absolute atomic E-state index is 14.0. The van der Waals surface area contributed by atoms with Gasteiger partial charge in [0.2, 0.25) is 0 Å². The Hall–Kier alpha value is -3.16. The van der Waals surface area contributed by atoms with Crippen molar-refractivity contribution in [3.8, 4) is 5.75 Å². The van der Waals surface area contributed by atoms with Crippen LogP contribution in [0.5, 0.6) is 5.75 Å². The fourth-order valence-corrected chi connectivity index (χ4v) is 4.07. The van der Waals surface area contributed by atoms with E-state index in [1.807, 2.05) is 0 Å². The molecule has 1 aromatic carbocycles. The predicted molar refractivity (Wildman–Crippen MR) is 112 cm³/mol. The lowest BCUT2D eigenvalue weighted by Gasteiger charge is -2.32. The molecule has 0 aliphatic carbocycles. The minimum atomic E-state index is -0.595. The van der Waals surface area contributed by atoms with Gasteiger partial charge in [0.1, 0.15) is 5.69 Å². The first kappa shape index (κ1) is 22.5. The van der Waals surface area contributed by atoms with E-state index in [0.717, 1.165) is 0 Å². The number of piperidine rings is 1. The summed E-state index contributed by atoms with van der Waals surface area (Å²) < 4.78 is 24.0. The molecule has 166 valence electrons. The molecule has 1 fully saturated rings. The Morgan fingerprint density at radius 1 is 1.26 bits per heavy atom. The van der Waals surface area contributed by atoms with E-state index in [9.17, 15) is 18.8 Å². The molecule has 31 heavy (non-hydrogen) atoms. The van der Waals surface area contributed by atoms with Crippen LogP contribution < -0.4 is 4.74 Å². The number of halogens is 1. The molecule has 2 aromatic rings. The highest BCUT2D eigenvalue weighted by atomic mass is 19.1. The number of hydrogen-bond donors (Lipinski definition) is 1. The minimum Gasteiger partial charge on any atom is -0.494 e. The zero-order valence-corrected chi connectivity index (χ0v) is 18.2. The van der Waals surface area contributed by atoms with Crippen LogP contribution in [0.1, 0.15) is 62.2 Å². The number of aromatic amines is 1. The van der Waals surface area contributed by atoms with Crippen molar-refractivity contribution in [3.05, 3.63) is 52.1 Å². The van der Waals surface area contributed by atoms with Gasteiger partial charge in [-0.3, -0.25) is 9.59 Å². The van der Waals surface area contributed by atoms with Crippen molar-refractivity contribution >= 4 is 17.7 Å². The molecular formula is C23H27FN2O5. The van der Waals surface area contributed by atoms with E-state index in [1.165, 1.54) is 25.3 Å². The predicted octanol–water partition coefficient (Wildman–Crippen LogP) is 3.69. The SMILES string of the molecule is CCOC(=O)c1[nH]c(C)c(C(=O)N2CCC[C@H](C(=O)c3ccc(OC)c(F)c3)C2)c1C. The number of ether oxygens (including phenoxy) is 2. The molecule has 8 heteroatoms. The molecule has 0 saturated carbocycles. The maximum Gasteiger partial charge on any atom is 0.355 e. The second-order valence-corrected chi connectivity index (χ2v) is 7.65. The van der Waals surface area contributed by atoms with Crippen LogP contribution >= 0.6 is 0 Å². The van der Waals surface area contributed by atoms with Gasteiger partial charge in [-0.25, -0.2) is 9.18 Å². The van der Waals surface area contributed by atoms with Crippen LogP contribution in [0, 0.1) is 25.6 Å². The Labute approximate surface area is 180 Å². The van der Waals surface area contributed by atoms with Crippen LogP contribution in [0.2, 0.25) is 0 Å². The highest BCUT2D eigenvalue weighted by Crippen LogP contribution is 2.27. The van der Waals surface area contributed by atoms with E-state index in [2.05, 4.69) is 4.98 Å². The van der Waals surface area contributed by atoms with Gasteiger partial charge >= 0.3 is 5.97 Å². The number of benzene rings is 1. The number of Topliss-reactive ketones (excluding diaryl/α,β-unsaturated/α-hetero) is 1. The van der Waals surface area contributed by atoms with Crippen molar-refractivity contribution in [1.82, 2.24) is 9.88 Å². The van der Waals surface area contributed by atoms with Gasteiger partial charge in [-0.1, -0.05) is 0 Å². The van der Waals surface area contributed by atoms with Crippen molar-refractivity contribution in [3.63, 3.8) is 0 Å². The van der Waals surface area contributed by atoms with E-state index >= 15 is 0 Å². The Morgan fingerprint density at radius 3 is 2.65 bits per heavy atom. The zero-order chi connectivity index (χ0) is 22.7. The summed E-state index contributed by atoms with van der Waals surface area (Å²) in [7, 11) is 1.36. The van der Waals surface area contributed by atoms with E-state index in [0.29, 0.717) is 36.2 Å². The number of nitrogens with zero attached hydrogens (tertiary/aromatic N) is 1. The van der Waals surface area contributed by atoms with Gasteiger partial charge in [-0.05, 0) is 57.4 Å². The van der Waals surface area contributed by atoms with Crippen LogP contribution in [-0.4, -0.2) is 54.3 Å². The number of carbonyl (C=O) groups excluding carboxylic acids is 3. The average Bonchev–Trinajstić information content (AvgIpc) is 3.06. The summed E-state index contributed by atoms with van der Waals surface area (Å²) in [5.41, 5.74) is 2.06. The number of methoxy groups -OCH3 is 1. The number of esters is 1. The van der Waals surface area contributed by atoms with Crippen LogP contribution in [0.25, 0.3) is 0 Å². The third-order valence-electron chi connectivity index (χ3n) is 5.65. The number of aromatic nitrogens is 1. The molecule has 0 unspecified atom stereocenters. The first-order valence-corrected chi connectivity index (χ1v) is 10.3. The van der Waals surface area contributed by atoms with E-state index < -0.39 is 17.7 Å². The Morgan fingerprint density at radius 2 is 2.00 bits per heavy atom. The molecule has 0 radical (unpaired) electrons. The molecule has 7 nitrogen and oxygen atoms in total. The largest absolute Gasteiger partial charge is 0.494 e. The highest BCUT2D eigenvalue weighted by molar-refractivity contribution is 6.02. The lowest BCUT2D eigenvalue weighted by molar-refractivity contribution is 0.0519. The summed E-state index contributed by atoms with van der Waals surface area (Å²) in [5.74, 6) is -1.88. The van der Waals surface area contributed by atoms with Crippen molar-refractivity contribution in [2.45, 2.75) is 33.6 Å². The fraction of sp³-hybridized carbons (Fsp3) is 0.435. The number of ketones is 1. The lowest BCUT2D eigenvalue weighted by atomic mass is 9.89. The smallest absolute Gasteiger partial charge is 0.355 e. The summed E-state index contributed by atoms with van der Waals surface area (Å²) in [6, 6.07) is 4.14.